The van der Waals surface area contributed by atoms with Crippen molar-refractivity contribution in [3.63, 3.8) is 0 Å². The van der Waals surface area contributed by atoms with Gasteiger partial charge in [0.15, 0.2) is 0 Å². The van der Waals surface area contributed by atoms with Crippen molar-refractivity contribution in [2.24, 2.45) is 11.8 Å². The van der Waals surface area contributed by atoms with Crippen LogP contribution in [0.25, 0.3) is 97.4 Å². The molecule has 2 aliphatic rings. The summed E-state index contributed by atoms with van der Waals surface area (Å²) in [5.41, 5.74) is 16.4. The highest BCUT2D eigenvalue weighted by molar-refractivity contribution is 7.80. The molecule has 316 valence electrons. The van der Waals surface area contributed by atoms with Gasteiger partial charge in [-0.1, -0.05) is 206 Å². The fourth-order valence-corrected chi connectivity index (χ4v) is 12.8. The second kappa shape index (κ2) is 16.1. The third-order valence-electron chi connectivity index (χ3n) is 14.3. The lowest BCUT2D eigenvalue weighted by molar-refractivity contribution is 0.687. The van der Waals surface area contributed by atoms with E-state index in [1.165, 1.54) is 119 Å². The molecule has 1 heterocycles. The normalized spacial score (nSPS) is 15.4. The minimum atomic E-state index is 0.224. The zero-order valence-electron chi connectivity index (χ0n) is 36.9. The van der Waals surface area contributed by atoms with Gasteiger partial charge in [0.2, 0.25) is 0 Å². The molecule has 0 radical (unpaired) electrons. The molecule has 10 aromatic carbocycles. The summed E-state index contributed by atoms with van der Waals surface area (Å²) in [4.78, 5) is 0.971. The van der Waals surface area contributed by atoms with E-state index in [1.807, 2.05) is 11.3 Å². The summed E-state index contributed by atoms with van der Waals surface area (Å²) in [6.07, 6.45) is 9.33. The van der Waals surface area contributed by atoms with E-state index in [9.17, 15) is 0 Å². The van der Waals surface area contributed by atoms with Gasteiger partial charge in [-0.05, 0) is 136 Å². The average molecular weight is 889 g/mol. The molecule has 0 saturated heterocycles. The molecular weight excluding hydrogens is 845 g/mol. The van der Waals surface area contributed by atoms with E-state index in [2.05, 4.69) is 237 Å². The molecule has 0 spiro atoms. The Morgan fingerprint density at radius 2 is 0.896 bits per heavy atom. The number of hydrogen-bond acceptors (Lipinski definition) is 2. The lowest BCUT2D eigenvalue weighted by Crippen LogP contribution is -2.40. The zero-order chi connectivity index (χ0) is 44.6. The maximum Gasteiger partial charge on any atom is 0.0431 e. The SMILES string of the molecule is Cc1ccc(-c2c3ccccc3c(-c3ccc4c(c3)sc3c(C5=c6ccccc6=C(c6ccccc6)C6C=CC=CC56)cccc34)c3ccccc23)cc1-c1cc(-c2ccccc2)ccc1S. The fraction of sp³-hybridized carbons (Fsp3) is 0.0462. The Morgan fingerprint density at radius 1 is 0.373 bits per heavy atom. The van der Waals surface area contributed by atoms with Crippen LogP contribution >= 0.6 is 24.0 Å². The predicted octanol–water partition coefficient (Wildman–Crippen LogP) is 16.4. The molecule has 0 amide bonds. The first-order valence-corrected chi connectivity index (χ1v) is 24.5. The Balaban J connectivity index is 0.991. The summed E-state index contributed by atoms with van der Waals surface area (Å²) in [6, 6.07) is 76.5. The Hall–Kier alpha value is -7.49. The Morgan fingerprint density at radius 3 is 1.57 bits per heavy atom. The molecule has 0 N–H and O–H groups in total. The van der Waals surface area contributed by atoms with Crippen molar-refractivity contribution < 1.29 is 0 Å². The number of allylic oxidation sites excluding steroid dienone is 4. The minimum absolute atomic E-state index is 0.224. The number of rotatable bonds is 6. The first-order valence-electron chi connectivity index (χ1n) is 23.2. The van der Waals surface area contributed by atoms with Crippen LogP contribution in [0.5, 0.6) is 0 Å². The van der Waals surface area contributed by atoms with Crippen LogP contribution in [0.15, 0.2) is 235 Å². The maximum absolute atomic E-state index is 5.02. The van der Waals surface area contributed by atoms with Crippen LogP contribution in [0.1, 0.15) is 16.7 Å². The van der Waals surface area contributed by atoms with Crippen LogP contribution in [0.4, 0.5) is 0 Å². The molecule has 11 aromatic rings. The molecule has 2 aliphatic carbocycles. The Kier molecular flexibility index (Phi) is 9.60. The number of aryl methyl sites for hydroxylation is 1. The highest BCUT2D eigenvalue weighted by atomic mass is 32.1. The summed E-state index contributed by atoms with van der Waals surface area (Å²) in [5.74, 6) is 0.470. The highest BCUT2D eigenvalue weighted by Gasteiger charge is 2.33. The van der Waals surface area contributed by atoms with Gasteiger partial charge in [-0.15, -0.1) is 24.0 Å². The van der Waals surface area contributed by atoms with E-state index in [4.69, 9.17) is 12.6 Å². The van der Waals surface area contributed by atoms with E-state index in [0.29, 0.717) is 0 Å². The van der Waals surface area contributed by atoms with Crippen LogP contribution in [0, 0.1) is 18.8 Å². The van der Waals surface area contributed by atoms with E-state index in [-0.39, 0.29) is 11.8 Å². The molecule has 0 bridgehead atoms. The number of thiol groups is 1. The minimum Gasteiger partial charge on any atom is -0.143 e. The van der Waals surface area contributed by atoms with Gasteiger partial charge in [0.05, 0.1) is 0 Å². The van der Waals surface area contributed by atoms with Gasteiger partial charge in [0, 0.05) is 36.9 Å². The van der Waals surface area contributed by atoms with Crippen molar-refractivity contribution in [1.29, 1.82) is 0 Å². The van der Waals surface area contributed by atoms with Crippen molar-refractivity contribution >= 4 is 76.8 Å². The molecule has 0 fully saturated rings. The largest absolute Gasteiger partial charge is 0.143 e. The van der Waals surface area contributed by atoms with E-state index < -0.39 is 0 Å². The van der Waals surface area contributed by atoms with Gasteiger partial charge in [0.1, 0.15) is 0 Å². The molecule has 1 aromatic heterocycles. The molecule has 2 unspecified atom stereocenters. The second-order valence-electron chi connectivity index (χ2n) is 18.0. The second-order valence-corrected chi connectivity index (χ2v) is 19.6. The average Bonchev–Trinajstić information content (AvgIpc) is 3.76. The third kappa shape index (κ3) is 6.50. The van der Waals surface area contributed by atoms with Crippen LogP contribution < -0.4 is 10.4 Å². The molecular formula is C65H44S2. The van der Waals surface area contributed by atoms with E-state index >= 15 is 0 Å². The third-order valence-corrected chi connectivity index (χ3v) is 15.9. The van der Waals surface area contributed by atoms with Crippen molar-refractivity contribution in [3.8, 4) is 44.5 Å². The molecule has 0 nitrogen and oxygen atoms in total. The van der Waals surface area contributed by atoms with Crippen molar-refractivity contribution in [3.05, 3.63) is 258 Å². The fourth-order valence-electron chi connectivity index (χ4n) is 11.3. The zero-order valence-corrected chi connectivity index (χ0v) is 38.7. The first kappa shape index (κ1) is 39.8. The van der Waals surface area contributed by atoms with Gasteiger partial charge in [0.25, 0.3) is 0 Å². The first-order chi connectivity index (χ1) is 33.1. The number of thiophene rings is 1. The summed E-state index contributed by atoms with van der Waals surface area (Å²) < 4.78 is 2.65. The maximum atomic E-state index is 5.02. The van der Waals surface area contributed by atoms with Crippen LogP contribution in [0.2, 0.25) is 0 Å². The smallest absolute Gasteiger partial charge is 0.0431 e. The van der Waals surface area contributed by atoms with Gasteiger partial charge >= 0.3 is 0 Å². The predicted molar refractivity (Wildman–Crippen MR) is 290 cm³/mol. The van der Waals surface area contributed by atoms with Crippen LogP contribution in [-0.4, -0.2) is 0 Å². The van der Waals surface area contributed by atoms with Crippen LogP contribution in [0.3, 0.4) is 0 Å². The molecule has 67 heavy (non-hydrogen) atoms. The monoisotopic (exact) mass is 888 g/mol. The summed E-state index contributed by atoms with van der Waals surface area (Å²) in [7, 11) is 0. The van der Waals surface area contributed by atoms with Gasteiger partial charge < -0.3 is 0 Å². The van der Waals surface area contributed by atoms with Crippen LogP contribution in [-0.2, 0) is 0 Å². The summed E-state index contributed by atoms with van der Waals surface area (Å²) in [5, 5.41) is 10.3. The topological polar surface area (TPSA) is 0 Å². The standard InChI is InChI=1S/C65H44S2/c1-40-31-32-44(38-57(40)58-37-43(34-36-59(58)66)41-17-4-2-5-18-41)62-47-21-8-10-23-49(47)63(50-24-11-9-22-48(50)62)45-33-35-46-55-29-16-30-56(65(55)67-60(46)39-45)64-53-27-14-12-25-51(53)61(42-19-6-3-7-20-42)52-26-13-15-28-54(52)64/h2-39,51,53,66H,1H3. The summed E-state index contributed by atoms with van der Waals surface area (Å²) in [6.45, 7) is 2.21. The quantitative estimate of drug-likeness (QED) is 0.125. The van der Waals surface area contributed by atoms with Gasteiger partial charge in [-0.3, -0.25) is 0 Å². The molecule has 0 saturated carbocycles. The van der Waals surface area contributed by atoms with Gasteiger partial charge in [-0.2, -0.15) is 0 Å². The van der Waals surface area contributed by atoms with E-state index in [0.717, 1.165) is 10.5 Å². The molecule has 13 rings (SSSR count). The molecule has 2 heteroatoms. The van der Waals surface area contributed by atoms with Crippen molar-refractivity contribution in [1.82, 2.24) is 0 Å². The lowest BCUT2D eigenvalue weighted by Gasteiger charge is -2.33. The molecule has 0 aliphatic heterocycles. The Bertz CT molecular complexity index is 3940. The molecule has 2 atom stereocenters. The summed E-state index contributed by atoms with van der Waals surface area (Å²) >= 11 is 6.96. The van der Waals surface area contributed by atoms with Crippen molar-refractivity contribution in [2.75, 3.05) is 0 Å². The highest BCUT2D eigenvalue weighted by Crippen LogP contribution is 2.49. The van der Waals surface area contributed by atoms with Crippen molar-refractivity contribution in [2.45, 2.75) is 11.8 Å². The number of benzene rings is 10. The number of fused-ring (bicyclic) bond motifs is 7. The number of hydrogen-bond donors (Lipinski definition) is 1. The lowest BCUT2D eigenvalue weighted by atomic mass is 9.70. The Labute approximate surface area is 400 Å². The van der Waals surface area contributed by atoms with Gasteiger partial charge in [-0.25, -0.2) is 0 Å². The van der Waals surface area contributed by atoms with E-state index in [1.54, 1.807) is 0 Å².